The Morgan fingerprint density at radius 3 is 2.44 bits per heavy atom. The molecule has 6 heteroatoms. The van der Waals surface area contributed by atoms with Gasteiger partial charge in [-0.05, 0) is 17.7 Å². The van der Waals surface area contributed by atoms with Crippen LogP contribution >= 0.6 is 11.6 Å². The molecule has 0 atom stereocenters. The Hall–Kier alpha value is -1.75. The molecule has 0 aliphatic rings. The molecule has 2 aromatic rings. The number of hydrogen-bond acceptors (Lipinski definition) is 2. The SMILES string of the molecule is O=C(Cl)C(=O)c1c[nH]c2cc(F)c(F)cc12. The van der Waals surface area contributed by atoms with Gasteiger partial charge in [-0.2, -0.15) is 0 Å². The van der Waals surface area contributed by atoms with Crippen molar-refractivity contribution in [3.05, 3.63) is 35.5 Å². The smallest absolute Gasteiger partial charge is 0.293 e. The number of hydrogen-bond donors (Lipinski definition) is 1. The largest absolute Gasteiger partial charge is 0.360 e. The molecule has 0 bridgehead atoms. The number of carbonyl (C=O) groups is 2. The molecule has 82 valence electrons. The van der Waals surface area contributed by atoms with Gasteiger partial charge in [0.2, 0.25) is 5.78 Å². The summed E-state index contributed by atoms with van der Waals surface area (Å²) in [5.74, 6) is -3.09. The molecule has 16 heavy (non-hydrogen) atoms. The second-order valence-corrected chi connectivity index (χ2v) is 3.46. The Kier molecular flexibility index (Phi) is 2.47. The summed E-state index contributed by atoms with van der Waals surface area (Å²) < 4.78 is 25.8. The number of aromatic amines is 1. The molecular weight excluding hydrogens is 240 g/mol. The topological polar surface area (TPSA) is 49.9 Å². The maximum Gasteiger partial charge on any atom is 0.293 e. The Morgan fingerprint density at radius 2 is 1.81 bits per heavy atom. The van der Waals surface area contributed by atoms with Crippen molar-refractivity contribution in [2.75, 3.05) is 0 Å². The molecule has 1 aromatic carbocycles. The van der Waals surface area contributed by atoms with Crippen molar-refractivity contribution in [2.24, 2.45) is 0 Å². The number of H-pyrrole nitrogens is 1. The van der Waals surface area contributed by atoms with Gasteiger partial charge in [0.1, 0.15) is 0 Å². The molecule has 0 radical (unpaired) electrons. The average molecular weight is 244 g/mol. The molecule has 0 saturated heterocycles. The third-order valence-corrected chi connectivity index (χ3v) is 2.32. The summed E-state index contributed by atoms with van der Waals surface area (Å²) in [4.78, 5) is 24.5. The van der Waals surface area contributed by atoms with E-state index in [1.165, 1.54) is 6.20 Å². The maximum atomic E-state index is 13.0. The fourth-order valence-corrected chi connectivity index (χ4v) is 1.51. The van der Waals surface area contributed by atoms with Crippen molar-refractivity contribution < 1.29 is 18.4 Å². The van der Waals surface area contributed by atoms with Gasteiger partial charge in [0.25, 0.3) is 5.24 Å². The quantitative estimate of drug-likeness (QED) is 0.500. The maximum absolute atomic E-state index is 13.0. The number of benzene rings is 1. The van der Waals surface area contributed by atoms with Crippen LogP contribution < -0.4 is 0 Å². The van der Waals surface area contributed by atoms with Crippen LogP contribution in [-0.4, -0.2) is 16.0 Å². The standard InChI is InChI=1S/C10H4ClF2NO2/c11-10(16)9(15)5-3-14-8-2-7(13)6(12)1-4(5)8/h1-3,14H. The van der Waals surface area contributed by atoms with Crippen LogP contribution in [0.15, 0.2) is 18.3 Å². The highest BCUT2D eigenvalue weighted by Gasteiger charge is 2.19. The van der Waals surface area contributed by atoms with Gasteiger partial charge in [-0.1, -0.05) is 0 Å². The highest BCUT2D eigenvalue weighted by molar-refractivity contribution is 6.83. The lowest BCUT2D eigenvalue weighted by molar-refractivity contribution is -0.108. The minimum absolute atomic E-state index is 0.0751. The van der Waals surface area contributed by atoms with E-state index < -0.39 is 22.7 Å². The van der Waals surface area contributed by atoms with E-state index in [0.717, 1.165) is 12.1 Å². The molecular formula is C10H4ClF2NO2. The molecule has 1 N–H and O–H groups in total. The third kappa shape index (κ3) is 1.59. The van der Waals surface area contributed by atoms with Gasteiger partial charge in [0.15, 0.2) is 11.6 Å². The average Bonchev–Trinajstić information content (AvgIpc) is 2.60. The number of fused-ring (bicyclic) bond motifs is 1. The fraction of sp³-hybridized carbons (Fsp3) is 0. The van der Waals surface area contributed by atoms with Crippen molar-refractivity contribution in [1.82, 2.24) is 4.98 Å². The summed E-state index contributed by atoms with van der Waals surface area (Å²) in [5, 5.41) is -1.05. The summed E-state index contributed by atoms with van der Waals surface area (Å²) in [6, 6.07) is 1.74. The van der Waals surface area contributed by atoms with Crippen LogP contribution in [0.1, 0.15) is 10.4 Å². The van der Waals surface area contributed by atoms with Gasteiger partial charge in [0.05, 0.1) is 5.56 Å². The van der Waals surface area contributed by atoms with Crippen molar-refractivity contribution in [3.63, 3.8) is 0 Å². The highest BCUT2D eigenvalue weighted by Crippen LogP contribution is 2.22. The number of rotatable bonds is 2. The lowest BCUT2D eigenvalue weighted by atomic mass is 10.1. The molecule has 3 nitrogen and oxygen atoms in total. The Labute approximate surface area is 93.0 Å². The molecule has 2 rings (SSSR count). The van der Waals surface area contributed by atoms with Crippen LogP contribution in [-0.2, 0) is 4.79 Å². The third-order valence-electron chi connectivity index (χ3n) is 2.15. The van der Waals surface area contributed by atoms with E-state index in [1.807, 2.05) is 0 Å². The zero-order chi connectivity index (χ0) is 11.9. The predicted molar refractivity (Wildman–Crippen MR) is 53.4 cm³/mol. The fourth-order valence-electron chi connectivity index (χ4n) is 1.41. The van der Waals surface area contributed by atoms with Crippen LogP contribution in [0.5, 0.6) is 0 Å². The first-order chi connectivity index (χ1) is 7.50. The van der Waals surface area contributed by atoms with E-state index in [4.69, 9.17) is 11.6 Å². The Morgan fingerprint density at radius 1 is 1.19 bits per heavy atom. The van der Waals surface area contributed by atoms with Crippen molar-refractivity contribution in [1.29, 1.82) is 0 Å². The van der Waals surface area contributed by atoms with Gasteiger partial charge in [-0.3, -0.25) is 9.59 Å². The van der Waals surface area contributed by atoms with Crippen molar-refractivity contribution >= 4 is 33.5 Å². The van der Waals surface area contributed by atoms with E-state index >= 15 is 0 Å². The minimum atomic E-state index is -1.18. The van der Waals surface area contributed by atoms with E-state index in [9.17, 15) is 18.4 Å². The lowest BCUT2D eigenvalue weighted by Gasteiger charge is -1.95. The second kappa shape index (κ2) is 3.68. The van der Waals surface area contributed by atoms with E-state index in [2.05, 4.69) is 4.98 Å². The van der Waals surface area contributed by atoms with Gasteiger partial charge < -0.3 is 4.98 Å². The Bertz CT molecular complexity index is 606. The first-order valence-corrected chi connectivity index (χ1v) is 4.59. The summed E-state index contributed by atoms with van der Waals surface area (Å²) in [6.45, 7) is 0. The van der Waals surface area contributed by atoms with E-state index in [-0.39, 0.29) is 16.5 Å². The number of carbonyl (C=O) groups excluding carboxylic acids is 2. The van der Waals surface area contributed by atoms with Gasteiger partial charge in [0, 0.05) is 23.2 Å². The first kappa shape index (κ1) is 10.8. The minimum Gasteiger partial charge on any atom is -0.360 e. The summed E-state index contributed by atoms with van der Waals surface area (Å²) in [7, 11) is 0. The predicted octanol–water partition coefficient (Wildman–Crippen LogP) is 2.39. The first-order valence-electron chi connectivity index (χ1n) is 4.21. The molecule has 1 aromatic heterocycles. The highest BCUT2D eigenvalue weighted by atomic mass is 35.5. The number of aromatic nitrogens is 1. The molecule has 0 spiro atoms. The molecule has 1 heterocycles. The van der Waals surface area contributed by atoms with Crippen LogP contribution in [0.3, 0.4) is 0 Å². The van der Waals surface area contributed by atoms with Gasteiger partial charge >= 0.3 is 0 Å². The van der Waals surface area contributed by atoms with Gasteiger partial charge in [-0.25, -0.2) is 8.78 Å². The van der Waals surface area contributed by atoms with Crippen molar-refractivity contribution in [3.8, 4) is 0 Å². The normalized spacial score (nSPS) is 10.7. The lowest BCUT2D eigenvalue weighted by Crippen LogP contribution is -2.06. The monoisotopic (exact) mass is 243 g/mol. The summed E-state index contributed by atoms with van der Waals surface area (Å²) >= 11 is 5.02. The molecule has 0 unspecified atom stereocenters. The molecule has 0 fully saturated rings. The Balaban J connectivity index is 2.69. The van der Waals surface area contributed by atoms with Crippen molar-refractivity contribution in [2.45, 2.75) is 0 Å². The van der Waals surface area contributed by atoms with Crippen LogP contribution in [0, 0.1) is 11.6 Å². The number of nitrogens with one attached hydrogen (secondary N) is 1. The van der Waals surface area contributed by atoms with E-state index in [1.54, 1.807) is 0 Å². The van der Waals surface area contributed by atoms with Crippen LogP contribution in [0.25, 0.3) is 10.9 Å². The van der Waals surface area contributed by atoms with Crippen LogP contribution in [0.4, 0.5) is 8.78 Å². The van der Waals surface area contributed by atoms with Gasteiger partial charge in [-0.15, -0.1) is 0 Å². The second-order valence-electron chi connectivity index (χ2n) is 3.12. The molecule has 0 aliphatic carbocycles. The van der Waals surface area contributed by atoms with E-state index in [0.29, 0.717) is 0 Å². The van der Waals surface area contributed by atoms with Crippen LogP contribution in [0.2, 0.25) is 0 Å². The molecule has 0 aliphatic heterocycles. The summed E-state index contributed by atoms with van der Waals surface area (Å²) in [5.41, 5.74) is 0.147. The number of Topliss-reactive ketones (excluding diaryl/α,β-unsaturated/α-hetero) is 1. The summed E-state index contributed by atoms with van der Waals surface area (Å²) in [6.07, 6.45) is 1.19. The number of ketones is 1. The molecule has 0 amide bonds. The molecule has 0 saturated carbocycles. The zero-order valence-electron chi connectivity index (χ0n) is 7.68. The number of halogens is 3. The zero-order valence-corrected chi connectivity index (χ0v) is 8.44.